The van der Waals surface area contributed by atoms with Gasteiger partial charge in [0.1, 0.15) is 10.8 Å². The van der Waals surface area contributed by atoms with Crippen LogP contribution in [0.5, 0.6) is 0 Å². The average molecular weight is 193 g/mol. The second-order valence-corrected chi connectivity index (χ2v) is 3.22. The Labute approximate surface area is 82.3 Å². The van der Waals surface area contributed by atoms with Gasteiger partial charge in [-0.05, 0) is 12.5 Å². The van der Waals surface area contributed by atoms with Gasteiger partial charge in [0, 0.05) is 11.1 Å². The van der Waals surface area contributed by atoms with E-state index in [4.69, 9.17) is 29.1 Å². The molecule has 0 spiro atoms. The summed E-state index contributed by atoms with van der Waals surface area (Å²) >= 11 is 4.88. The molecule has 0 unspecified atom stereocenters. The zero-order valence-corrected chi connectivity index (χ0v) is 8.11. The second kappa shape index (κ2) is 3.53. The number of aryl methyl sites for hydroxylation is 1. The molecule has 0 heterocycles. The third-order valence-electron chi connectivity index (χ3n) is 1.81. The second-order valence-electron chi connectivity index (χ2n) is 2.78. The Kier molecular flexibility index (Phi) is 2.63. The molecule has 0 bridgehead atoms. The molecule has 0 fully saturated rings. The van der Waals surface area contributed by atoms with Crippen LogP contribution >= 0.6 is 12.2 Å². The minimum absolute atomic E-state index is 0.00787. The topological polar surface area (TPSA) is 75.9 Å². The molecule has 5 N–H and O–H groups in total. The van der Waals surface area contributed by atoms with E-state index < -0.39 is 0 Å². The lowest BCUT2D eigenvalue weighted by molar-refractivity contribution is 1.37. The van der Waals surface area contributed by atoms with Crippen molar-refractivity contribution >= 4 is 23.0 Å². The quantitative estimate of drug-likeness (QED) is 0.371. The standard InChI is InChI=1S/C9H11N3S/c1-5-3-2-4-6(8(10)11)7(5)9(12)13/h2-4H,1H3,(H3,10,11)(H2,12,13). The van der Waals surface area contributed by atoms with E-state index in [0.717, 1.165) is 5.56 Å². The number of benzene rings is 1. The highest BCUT2D eigenvalue weighted by Crippen LogP contribution is 2.13. The normalized spacial score (nSPS) is 9.62. The zero-order valence-electron chi connectivity index (χ0n) is 7.29. The number of rotatable bonds is 2. The highest BCUT2D eigenvalue weighted by Gasteiger charge is 2.09. The molecule has 0 aliphatic heterocycles. The molecule has 0 saturated heterocycles. The molecule has 0 aromatic heterocycles. The number of nitrogens with two attached hydrogens (primary N) is 2. The van der Waals surface area contributed by atoms with Gasteiger partial charge in [-0.15, -0.1) is 0 Å². The molecule has 68 valence electrons. The van der Waals surface area contributed by atoms with E-state index >= 15 is 0 Å². The molecule has 1 aromatic carbocycles. The number of hydrogen-bond acceptors (Lipinski definition) is 2. The number of hydrogen-bond donors (Lipinski definition) is 3. The molecule has 0 radical (unpaired) electrons. The summed E-state index contributed by atoms with van der Waals surface area (Å²) in [4.78, 5) is 0.281. The van der Waals surface area contributed by atoms with E-state index in [0.29, 0.717) is 11.1 Å². The Morgan fingerprint density at radius 3 is 2.38 bits per heavy atom. The van der Waals surface area contributed by atoms with Gasteiger partial charge in [0.05, 0.1) is 0 Å². The Morgan fingerprint density at radius 1 is 1.38 bits per heavy atom. The monoisotopic (exact) mass is 193 g/mol. The highest BCUT2D eigenvalue weighted by atomic mass is 32.1. The third kappa shape index (κ3) is 1.84. The Hall–Kier alpha value is -1.42. The van der Waals surface area contributed by atoms with Crippen LogP contribution in [0.3, 0.4) is 0 Å². The van der Waals surface area contributed by atoms with Crippen molar-refractivity contribution in [1.29, 1.82) is 5.41 Å². The molecule has 1 rings (SSSR count). The summed E-state index contributed by atoms with van der Waals surface area (Å²) in [6.07, 6.45) is 0. The summed E-state index contributed by atoms with van der Waals surface area (Å²) in [7, 11) is 0. The first-order chi connectivity index (χ1) is 6.04. The molecule has 4 heteroatoms. The molecule has 0 saturated carbocycles. The molecule has 1 aromatic rings. The number of nitrogens with one attached hydrogen (secondary N) is 1. The third-order valence-corrected chi connectivity index (χ3v) is 2.01. The first-order valence-electron chi connectivity index (χ1n) is 3.78. The number of thiocarbonyl (C=S) groups is 1. The summed E-state index contributed by atoms with van der Waals surface area (Å²) in [6, 6.07) is 5.46. The van der Waals surface area contributed by atoms with Crippen molar-refractivity contribution < 1.29 is 0 Å². The molecule has 0 atom stereocenters. The van der Waals surface area contributed by atoms with Gasteiger partial charge in [0.25, 0.3) is 0 Å². The minimum Gasteiger partial charge on any atom is -0.389 e. The van der Waals surface area contributed by atoms with Crippen LogP contribution in [0.25, 0.3) is 0 Å². The first-order valence-corrected chi connectivity index (χ1v) is 4.18. The summed E-state index contributed by atoms with van der Waals surface area (Å²) in [6.45, 7) is 1.89. The molecular weight excluding hydrogens is 182 g/mol. The lowest BCUT2D eigenvalue weighted by Crippen LogP contribution is -2.20. The van der Waals surface area contributed by atoms with Gasteiger partial charge >= 0.3 is 0 Å². The van der Waals surface area contributed by atoms with Crippen LogP contribution in [0.15, 0.2) is 18.2 Å². The lowest BCUT2D eigenvalue weighted by atomic mass is 10.0. The van der Waals surface area contributed by atoms with E-state index in [9.17, 15) is 0 Å². The van der Waals surface area contributed by atoms with Crippen molar-refractivity contribution in [3.05, 3.63) is 34.9 Å². The van der Waals surface area contributed by atoms with Gasteiger partial charge in [-0.25, -0.2) is 0 Å². The fourth-order valence-electron chi connectivity index (χ4n) is 1.22. The average Bonchev–Trinajstić information content (AvgIpc) is 2.02. The van der Waals surface area contributed by atoms with Gasteiger partial charge in [-0.3, -0.25) is 5.41 Å². The van der Waals surface area contributed by atoms with Crippen LogP contribution in [-0.4, -0.2) is 10.8 Å². The van der Waals surface area contributed by atoms with Gasteiger partial charge in [-0.2, -0.15) is 0 Å². The minimum atomic E-state index is -0.00787. The molecule has 0 aliphatic rings. The van der Waals surface area contributed by atoms with Crippen molar-refractivity contribution in [1.82, 2.24) is 0 Å². The van der Waals surface area contributed by atoms with E-state index in [1.807, 2.05) is 19.1 Å². The smallest absolute Gasteiger partial charge is 0.123 e. The summed E-state index contributed by atoms with van der Waals surface area (Å²) < 4.78 is 0. The molecule has 13 heavy (non-hydrogen) atoms. The fourth-order valence-corrected chi connectivity index (χ4v) is 1.49. The summed E-state index contributed by atoms with van der Waals surface area (Å²) in [5.41, 5.74) is 13.2. The van der Waals surface area contributed by atoms with Crippen molar-refractivity contribution in [2.45, 2.75) is 6.92 Å². The van der Waals surface area contributed by atoms with Gasteiger partial charge in [0.15, 0.2) is 0 Å². The number of nitrogen functional groups attached to an aromatic ring is 1. The van der Waals surface area contributed by atoms with Crippen LogP contribution < -0.4 is 11.5 Å². The van der Waals surface area contributed by atoms with Crippen LogP contribution in [0.4, 0.5) is 0 Å². The maximum absolute atomic E-state index is 7.33. The van der Waals surface area contributed by atoms with Crippen LogP contribution in [-0.2, 0) is 0 Å². The van der Waals surface area contributed by atoms with Crippen molar-refractivity contribution in [3.8, 4) is 0 Å². The van der Waals surface area contributed by atoms with E-state index in [1.165, 1.54) is 0 Å². The lowest BCUT2D eigenvalue weighted by Gasteiger charge is -2.09. The van der Waals surface area contributed by atoms with Crippen molar-refractivity contribution in [2.75, 3.05) is 0 Å². The molecule has 3 nitrogen and oxygen atoms in total. The zero-order chi connectivity index (χ0) is 10.0. The van der Waals surface area contributed by atoms with E-state index in [2.05, 4.69) is 0 Å². The fraction of sp³-hybridized carbons (Fsp3) is 0.111. The van der Waals surface area contributed by atoms with Gasteiger partial charge in [-0.1, -0.05) is 30.4 Å². The molecular formula is C9H11N3S. The van der Waals surface area contributed by atoms with E-state index in [-0.39, 0.29) is 10.8 Å². The van der Waals surface area contributed by atoms with Crippen LogP contribution in [0, 0.1) is 12.3 Å². The van der Waals surface area contributed by atoms with Crippen LogP contribution in [0.2, 0.25) is 0 Å². The largest absolute Gasteiger partial charge is 0.389 e. The summed E-state index contributed by atoms with van der Waals surface area (Å²) in [5, 5.41) is 7.33. The van der Waals surface area contributed by atoms with Gasteiger partial charge in [0.2, 0.25) is 0 Å². The maximum Gasteiger partial charge on any atom is 0.123 e. The Morgan fingerprint density at radius 2 is 2.00 bits per heavy atom. The van der Waals surface area contributed by atoms with E-state index in [1.54, 1.807) is 6.07 Å². The summed E-state index contributed by atoms with van der Waals surface area (Å²) in [5.74, 6) is -0.00787. The van der Waals surface area contributed by atoms with Crippen LogP contribution in [0.1, 0.15) is 16.7 Å². The Balaban J connectivity index is 3.43. The predicted octanol–water partition coefficient (Wildman–Crippen LogP) is 0.913. The van der Waals surface area contributed by atoms with Crippen molar-refractivity contribution in [2.24, 2.45) is 11.5 Å². The first kappa shape index (κ1) is 9.67. The highest BCUT2D eigenvalue weighted by molar-refractivity contribution is 7.80. The SMILES string of the molecule is Cc1cccc(C(=N)N)c1C(N)=S. The molecule has 0 aliphatic carbocycles. The number of amidine groups is 1. The van der Waals surface area contributed by atoms with Gasteiger partial charge < -0.3 is 11.5 Å². The van der Waals surface area contributed by atoms with Crippen molar-refractivity contribution in [3.63, 3.8) is 0 Å². The Bertz CT molecular complexity index is 371. The maximum atomic E-state index is 7.33. The molecule has 0 amide bonds. The predicted molar refractivity (Wildman–Crippen MR) is 58.1 cm³/mol.